The van der Waals surface area contributed by atoms with Crippen LogP contribution in [-0.4, -0.2) is 20.5 Å². The van der Waals surface area contributed by atoms with Crippen LogP contribution in [0.5, 0.6) is 0 Å². The van der Waals surface area contributed by atoms with Crippen molar-refractivity contribution in [2.75, 3.05) is 15.9 Å². The number of nitrogens with one attached hydrogen (secondary N) is 1. The van der Waals surface area contributed by atoms with Gasteiger partial charge in [-0.15, -0.1) is 0 Å². The normalized spacial score (nSPS) is 21.2. The van der Waals surface area contributed by atoms with Gasteiger partial charge in [-0.2, -0.15) is 0 Å². The molecule has 1 atom stereocenters. The van der Waals surface area contributed by atoms with E-state index in [0.717, 1.165) is 16.8 Å². The number of fused-ring (bicyclic) bond motifs is 1. The number of rotatable bonds is 2. The summed E-state index contributed by atoms with van der Waals surface area (Å²) < 4.78 is 27.5. The summed E-state index contributed by atoms with van der Waals surface area (Å²) in [6.07, 6.45) is 2.28. The molecule has 1 heterocycles. The van der Waals surface area contributed by atoms with E-state index in [9.17, 15) is 13.2 Å². The van der Waals surface area contributed by atoms with Gasteiger partial charge in [0.2, 0.25) is 10.0 Å². The van der Waals surface area contributed by atoms with E-state index in [0.29, 0.717) is 29.8 Å². The van der Waals surface area contributed by atoms with Crippen LogP contribution < -0.4 is 9.62 Å². The molecule has 0 aromatic heterocycles. The number of ketones is 1. The fourth-order valence-corrected chi connectivity index (χ4v) is 5.50. The third-order valence-electron chi connectivity index (χ3n) is 5.61. The minimum atomic E-state index is -3.67. The summed E-state index contributed by atoms with van der Waals surface area (Å²) in [5, 5.41) is 3.41. The predicted octanol–water partition coefficient (Wildman–Crippen LogP) is 4.57. The van der Waals surface area contributed by atoms with Gasteiger partial charge in [0.15, 0.2) is 5.78 Å². The van der Waals surface area contributed by atoms with Crippen molar-refractivity contribution in [3.05, 3.63) is 70.9 Å². The Morgan fingerprint density at radius 3 is 2.34 bits per heavy atom. The fraction of sp³-hybridized carbons (Fsp3) is 0.348. The highest BCUT2D eigenvalue weighted by Crippen LogP contribution is 2.48. The van der Waals surface area contributed by atoms with Gasteiger partial charge in [-0.3, -0.25) is 9.10 Å². The van der Waals surface area contributed by atoms with Crippen LogP contribution >= 0.6 is 0 Å². The van der Waals surface area contributed by atoms with Crippen LogP contribution in [0.15, 0.2) is 59.8 Å². The second kappa shape index (κ2) is 6.73. The zero-order chi connectivity index (χ0) is 21.0. The Morgan fingerprint density at radius 1 is 1.03 bits per heavy atom. The monoisotopic (exact) mass is 410 g/mol. The Morgan fingerprint density at radius 2 is 1.69 bits per heavy atom. The maximum absolute atomic E-state index is 13.4. The predicted molar refractivity (Wildman–Crippen MR) is 116 cm³/mol. The lowest BCUT2D eigenvalue weighted by molar-refractivity contribution is -0.118. The maximum Gasteiger partial charge on any atom is 0.233 e. The van der Waals surface area contributed by atoms with E-state index in [1.165, 1.54) is 10.6 Å². The quantitative estimate of drug-likeness (QED) is 0.787. The van der Waals surface area contributed by atoms with E-state index in [-0.39, 0.29) is 11.2 Å². The first-order valence-corrected chi connectivity index (χ1v) is 11.6. The number of para-hydroxylation sites is 2. The third-order valence-corrected chi connectivity index (χ3v) is 6.73. The van der Waals surface area contributed by atoms with Crippen molar-refractivity contribution in [3.63, 3.8) is 0 Å². The molecule has 1 N–H and O–H groups in total. The average Bonchev–Trinajstić information content (AvgIpc) is 2.75. The first-order chi connectivity index (χ1) is 13.6. The molecule has 2 aromatic carbocycles. The third kappa shape index (κ3) is 3.57. The number of aryl methyl sites for hydroxylation is 1. The molecule has 1 aliphatic carbocycles. The van der Waals surface area contributed by atoms with Crippen molar-refractivity contribution in [2.24, 2.45) is 5.41 Å². The van der Waals surface area contributed by atoms with Crippen molar-refractivity contribution in [1.82, 2.24) is 0 Å². The van der Waals surface area contributed by atoms with E-state index < -0.39 is 16.1 Å². The molecule has 0 bridgehead atoms. The second-order valence-electron chi connectivity index (χ2n) is 8.85. The zero-order valence-corrected chi connectivity index (χ0v) is 18.0. The molecule has 29 heavy (non-hydrogen) atoms. The maximum atomic E-state index is 13.4. The topological polar surface area (TPSA) is 66.5 Å². The summed E-state index contributed by atoms with van der Waals surface area (Å²) in [5.41, 5.74) is 4.31. The van der Waals surface area contributed by atoms with Gasteiger partial charge in [0, 0.05) is 17.7 Å². The minimum Gasteiger partial charge on any atom is -0.357 e. The molecule has 0 unspecified atom stereocenters. The molecule has 0 saturated carbocycles. The summed E-state index contributed by atoms with van der Waals surface area (Å²) in [6, 6.07) is 14.4. The largest absolute Gasteiger partial charge is 0.357 e. The van der Waals surface area contributed by atoms with Crippen LogP contribution in [0.4, 0.5) is 11.4 Å². The molecule has 0 saturated heterocycles. The molecule has 0 spiro atoms. The van der Waals surface area contributed by atoms with E-state index in [1.807, 2.05) is 49.4 Å². The zero-order valence-electron chi connectivity index (χ0n) is 17.2. The summed E-state index contributed by atoms with van der Waals surface area (Å²) in [6.45, 7) is 6.13. The summed E-state index contributed by atoms with van der Waals surface area (Å²) >= 11 is 0. The van der Waals surface area contributed by atoms with Crippen molar-refractivity contribution >= 4 is 27.2 Å². The number of allylic oxidation sites excluding steroid dienone is 1. The van der Waals surface area contributed by atoms with E-state index >= 15 is 0 Å². The standard InChI is InChI=1S/C23H26N2O3S/c1-15-9-11-16(12-10-15)22-21-18(13-23(2,3)14-20(21)26)24-17-7-5-6-8-19(17)25(22)29(4,27)28/h5-12,22,24H,13-14H2,1-4H3/t22-/m1/s1. The smallest absolute Gasteiger partial charge is 0.233 e. The number of sulfonamides is 1. The lowest BCUT2D eigenvalue weighted by atomic mass is 9.73. The van der Waals surface area contributed by atoms with Crippen LogP contribution in [-0.2, 0) is 14.8 Å². The number of carbonyl (C=O) groups excluding carboxylic acids is 1. The minimum absolute atomic E-state index is 0.00391. The number of benzene rings is 2. The highest BCUT2D eigenvalue weighted by molar-refractivity contribution is 7.92. The van der Waals surface area contributed by atoms with Gasteiger partial charge >= 0.3 is 0 Å². The van der Waals surface area contributed by atoms with Crippen LogP contribution in [0.1, 0.15) is 43.9 Å². The number of hydrogen-bond acceptors (Lipinski definition) is 4. The molecule has 6 heteroatoms. The molecule has 0 fully saturated rings. The molecule has 0 amide bonds. The number of Topliss-reactive ketones (excluding diaryl/α,β-unsaturated/α-hetero) is 1. The molecule has 1 aliphatic heterocycles. The summed E-state index contributed by atoms with van der Waals surface area (Å²) in [4.78, 5) is 13.4. The number of hydrogen-bond donors (Lipinski definition) is 1. The Hall–Kier alpha value is -2.60. The highest BCUT2D eigenvalue weighted by Gasteiger charge is 2.43. The van der Waals surface area contributed by atoms with Gasteiger partial charge < -0.3 is 5.32 Å². The van der Waals surface area contributed by atoms with Gasteiger partial charge in [-0.25, -0.2) is 8.42 Å². The SMILES string of the molecule is Cc1ccc([C@@H]2C3=C(CC(C)(C)CC3=O)Nc3ccccc3N2S(C)(=O)=O)cc1. The molecular weight excluding hydrogens is 384 g/mol. The lowest BCUT2D eigenvalue weighted by Crippen LogP contribution is -2.39. The Kier molecular flexibility index (Phi) is 4.57. The Labute approximate surface area is 172 Å². The van der Waals surface area contributed by atoms with Gasteiger partial charge in [-0.1, -0.05) is 55.8 Å². The summed E-state index contributed by atoms with van der Waals surface area (Å²) in [5.74, 6) is -0.00391. The molecule has 2 aliphatic rings. The fourth-order valence-electron chi connectivity index (χ4n) is 4.37. The number of anilines is 2. The Balaban J connectivity index is 2.05. The number of nitrogens with zero attached hydrogens (tertiary/aromatic N) is 1. The van der Waals surface area contributed by atoms with Crippen molar-refractivity contribution in [2.45, 2.75) is 39.7 Å². The Bertz CT molecular complexity index is 1120. The molecule has 152 valence electrons. The van der Waals surface area contributed by atoms with E-state index in [4.69, 9.17) is 0 Å². The van der Waals surface area contributed by atoms with Gasteiger partial charge in [0.05, 0.1) is 17.6 Å². The first-order valence-electron chi connectivity index (χ1n) is 9.75. The van der Waals surface area contributed by atoms with Crippen LogP contribution in [0.3, 0.4) is 0 Å². The average molecular weight is 411 g/mol. The molecule has 0 radical (unpaired) electrons. The molecule has 2 aromatic rings. The van der Waals surface area contributed by atoms with Crippen molar-refractivity contribution in [3.8, 4) is 0 Å². The van der Waals surface area contributed by atoms with Crippen molar-refractivity contribution < 1.29 is 13.2 Å². The summed E-state index contributed by atoms with van der Waals surface area (Å²) in [7, 11) is -3.67. The van der Waals surface area contributed by atoms with Gasteiger partial charge in [0.25, 0.3) is 0 Å². The first kappa shape index (κ1) is 19.7. The molecule has 4 rings (SSSR count). The van der Waals surface area contributed by atoms with Crippen LogP contribution in [0, 0.1) is 12.3 Å². The molecular formula is C23H26N2O3S. The lowest BCUT2D eigenvalue weighted by Gasteiger charge is -2.37. The van der Waals surface area contributed by atoms with Gasteiger partial charge in [0.1, 0.15) is 6.04 Å². The van der Waals surface area contributed by atoms with E-state index in [2.05, 4.69) is 19.2 Å². The van der Waals surface area contributed by atoms with Crippen LogP contribution in [0.2, 0.25) is 0 Å². The molecule has 5 nitrogen and oxygen atoms in total. The van der Waals surface area contributed by atoms with Crippen molar-refractivity contribution in [1.29, 1.82) is 0 Å². The highest BCUT2D eigenvalue weighted by atomic mass is 32.2. The second-order valence-corrected chi connectivity index (χ2v) is 10.7. The number of carbonyl (C=O) groups is 1. The van der Waals surface area contributed by atoms with Crippen LogP contribution in [0.25, 0.3) is 0 Å². The van der Waals surface area contributed by atoms with Gasteiger partial charge in [-0.05, 0) is 36.5 Å². The van der Waals surface area contributed by atoms with E-state index in [1.54, 1.807) is 6.07 Å².